The van der Waals surface area contributed by atoms with Crippen molar-refractivity contribution in [2.45, 2.75) is 0 Å². The number of benzene rings is 1. The first kappa shape index (κ1) is 11.3. The third-order valence-corrected chi connectivity index (χ3v) is 1.65. The summed E-state index contributed by atoms with van der Waals surface area (Å²) in [6.45, 7) is 3.31. The maximum Gasteiger partial charge on any atom is 0.411 e. The average Bonchev–Trinajstić information content (AvgIpc) is 2.21. The number of carbonyl (C=O) groups excluding carboxylic acids is 1. The van der Waals surface area contributed by atoms with E-state index in [1.165, 1.54) is 19.2 Å². The lowest BCUT2D eigenvalue weighted by atomic mass is 10.3. The summed E-state index contributed by atoms with van der Waals surface area (Å²) >= 11 is 0. The van der Waals surface area contributed by atoms with Crippen molar-refractivity contribution in [2.75, 3.05) is 19.0 Å². The van der Waals surface area contributed by atoms with Gasteiger partial charge in [-0.25, -0.2) is 9.18 Å². The van der Waals surface area contributed by atoms with E-state index >= 15 is 0 Å². The van der Waals surface area contributed by atoms with E-state index in [1.54, 1.807) is 6.07 Å². The van der Waals surface area contributed by atoms with E-state index in [2.05, 4.69) is 17.0 Å². The molecule has 1 radical (unpaired) electrons. The maximum atomic E-state index is 13.5. The molecule has 0 aliphatic heterocycles. The first-order chi connectivity index (χ1) is 7.19. The first-order valence-corrected chi connectivity index (χ1v) is 4.24. The Morgan fingerprint density at radius 1 is 1.60 bits per heavy atom. The molecule has 0 spiro atoms. The third kappa shape index (κ3) is 2.83. The summed E-state index contributed by atoms with van der Waals surface area (Å²) in [5.41, 5.74) is 0.00722. The lowest BCUT2D eigenvalue weighted by Crippen LogP contribution is -2.14. The Morgan fingerprint density at radius 2 is 2.33 bits per heavy atom. The number of nitrogens with one attached hydrogen (secondary N) is 1. The van der Waals surface area contributed by atoms with E-state index < -0.39 is 11.9 Å². The molecule has 1 rings (SSSR count). The molecule has 0 aliphatic rings. The zero-order chi connectivity index (χ0) is 11.3. The second-order valence-electron chi connectivity index (χ2n) is 2.58. The highest BCUT2D eigenvalue weighted by molar-refractivity contribution is 5.85. The summed E-state index contributed by atoms with van der Waals surface area (Å²) in [7, 11) is 1.34. The summed E-state index contributed by atoms with van der Waals surface area (Å²) < 4.78 is 22.7. The van der Waals surface area contributed by atoms with Gasteiger partial charge < -0.3 is 9.47 Å². The Balaban J connectivity index is 2.81. The van der Waals surface area contributed by atoms with Gasteiger partial charge in [0.15, 0.2) is 11.6 Å². The second-order valence-corrected chi connectivity index (χ2v) is 2.58. The standard InChI is InChI=1S/C10H11FNO3/c1-3-15-10(13)12-7-5-4-6-8(14-2)9(7)11/h4-6H,1,3H2,2H3,(H,12,13). The monoisotopic (exact) mass is 212 g/mol. The summed E-state index contributed by atoms with van der Waals surface area (Å²) in [5.74, 6) is -0.580. The lowest BCUT2D eigenvalue weighted by molar-refractivity contribution is 0.173. The van der Waals surface area contributed by atoms with Crippen molar-refractivity contribution in [2.24, 2.45) is 0 Å². The molecule has 0 saturated heterocycles. The van der Waals surface area contributed by atoms with Crippen molar-refractivity contribution in [3.8, 4) is 5.75 Å². The topological polar surface area (TPSA) is 47.6 Å². The summed E-state index contributed by atoms with van der Waals surface area (Å²) in [6, 6.07) is 4.41. The minimum absolute atomic E-state index is 0.00722. The highest BCUT2D eigenvalue weighted by atomic mass is 19.1. The fourth-order valence-electron chi connectivity index (χ4n) is 1.00. The molecule has 5 heteroatoms. The zero-order valence-corrected chi connectivity index (χ0v) is 8.25. The number of anilines is 1. The average molecular weight is 212 g/mol. The number of rotatable bonds is 3. The summed E-state index contributed by atoms with van der Waals surface area (Å²) in [4.78, 5) is 11.0. The Kier molecular flexibility index (Phi) is 3.91. The van der Waals surface area contributed by atoms with Crippen LogP contribution in [0.1, 0.15) is 0 Å². The molecule has 1 N–H and O–H groups in total. The Morgan fingerprint density at radius 3 is 2.93 bits per heavy atom. The van der Waals surface area contributed by atoms with Crippen LogP contribution in [0.15, 0.2) is 18.2 Å². The summed E-state index contributed by atoms with van der Waals surface area (Å²) in [6.07, 6.45) is -0.753. The zero-order valence-electron chi connectivity index (χ0n) is 8.25. The number of halogens is 1. The van der Waals surface area contributed by atoms with Gasteiger partial charge >= 0.3 is 6.09 Å². The largest absolute Gasteiger partial charge is 0.494 e. The van der Waals surface area contributed by atoms with Gasteiger partial charge in [-0.05, 0) is 19.1 Å². The van der Waals surface area contributed by atoms with Crippen LogP contribution in [-0.2, 0) is 4.74 Å². The second kappa shape index (κ2) is 5.19. The molecule has 0 fully saturated rings. The van der Waals surface area contributed by atoms with Gasteiger partial charge in [-0.3, -0.25) is 5.32 Å². The van der Waals surface area contributed by atoms with Crippen molar-refractivity contribution >= 4 is 11.8 Å². The first-order valence-electron chi connectivity index (χ1n) is 4.24. The van der Waals surface area contributed by atoms with Crippen LogP contribution in [-0.4, -0.2) is 19.8 Å². The Bertz CT molecular complexity index is 355. The minimum Gasteiger partial charge on any atom is -0.494 e. The fraction of sp³-hybridized carbons (Fsp3) is 0.200. The van der Waals surface area contributed by atoms with Crippen molar-refractivity contribution in [1.82, 2.24) is 0 Å². The number of ether oxygens (including phenoxy) is 2. The predicted molar refractivity (Wildman–Crippen MR) is 53.3 cm³/mol. The van der Waals surface area contributed by atoms with E-state index in [0.29, 0.717) is 0 Å². The molecule has 1 amide bonds. The molecule has 0 unspecified atom stereocenters. The Labute approximate surface area is 87.0 Å². The molecule has 0 aromatic heterocycles. The van der Waals surface area contributed by atoms with E-state index in [1.807, 2.05) is 0 Å². The molecule has 0 aliphatic carbocycles. The van der Waals surface area contributed by atoms with Gasteiger partial charge in [-0.15, -0.1) is 0 Å². The number of hydrogen-bond acceptors (Lipinski definition) is 3. The number of methoxy groups -OCH3 is 1. The van der Waals surface area contributed by atoms with E-state index in [0.717, 1.165) is 0 Å². The van der Waals surface area contributed by atoms with Gasteiger partial charge in [-0.2, -0.15) is 0 Å². The van der Waals surface area contributed by atoms with Gasteiger partial charge in [0.25, 0.3) is 0 Å². The molecule has 0 atom stereocenters. The van der Waals surface area contributed by atoms with E-state index in [4.69, 9.17) is 4.74 Å². The number of hydrogen-bond donors (Lipinski definition) is 1. The minimum atomic E-state index is -0.753. The molecule has 0 heterocycles. The molecule has 0 saturated carbocycles. The van der Waals surface area contributed by atoms with Crippen molar-refractivity contribution < 1.29 is 18.7 Å². The van der Waals surface area contributed by atoms with Gasteiger partial charge in [0, 0.05) is 0 Å². The van der Waals surface area contributed by atoms with Crippen LogP contribution in [0.4, 0.5) is 14.9 Å². The smallest absolute Gasteiger partial charge is 0.411 e. The molecule has 4 nitrogen and oxygen atoms in total. The molecular weight excluding hydrogens is 201 g/mol. The third-order valence-electron chi connectivity index (χ3n) is 1.65. The molecule has 1 aromatic rings. The van der Waals surface area contributed by atoms with E-state index in [-0.39, 0.29) is 18.0 Å². The summed E-state index contributed by atoms with van der Waals surface area (Å²) in [5, 5.41) is 2.23. The van der Waals surface area contributed by atoms with Crippen LogP contribution in [0, 0.1) is 12.7 Å². The normalized spacial score (nSPS) is 9.53. The van der Waals surface area contributed by atoms with Crippen molar-refractivity contribution in [3.63, 3.8) is 0 Å². The number of amides is 1. The van der Waals surface area contributed by atoms with Crippen LogP contribution < -0.4 is 10.1 Å². The van der Waals surface area contributed by atoms with Gasteiger partial charge in [0.05, 0.1) is 19.4 Å². The van der Waals surface area contributed by atoms with Crippen LogP contribution in [0.5, 0.6) is 5.75 Å². The van der Waals surface area contributed by atoms with Gasteiger partial charge in [-0.1, -0.05) is 6.07 Å². The molecule has 1 aromatic carbocycles. The van der Waals surface area contributed by atoms with Gasteiger partial charge in [0.1, 0.15) is 0 Å². The highest BCUT2D eigenvalue weighted by Gasteiger charge is 2.10. The fourth-order valence-corrected chi connectivity index (χ4v) is 1.00. The van der Waals surface area contributed by atoms with Crippen LogP contribution in [0.25, 0.3) is 0 Å². The number of carbonyl (C=O) groups is 1. The SMILES string of the molecule is [CH2]COC(=O)Nc1cccc(OC)c1F. The highest BCUT2D eigenvalue weighted by Crippen LogP contribution is 2.23. The lowest BCUT2D eigenvalue weighted by Gasteiger charge is -2.08. The van der Waals surface area contributed by atoms with E-state index in [9.17, 15) is 9.18 Å². The predicted octanol–water partition coefficient (Wildman–Crippen LogP) is 2.22. The van der Waals surface area contributed by atoms with Gasteiger partial charge in [0.2, 0.25) is 0 Å². The van der Waals surface area contributed by atoms with Crippen LogP contribution in [0.3, 0.4) is 0 Å². The molecular formula is C10H11FNO3. The molecule has 15 heavy (non-hydrogen) atoms. The van der Waals surface area contributed by atoms with Crippen LogP contribution in [0.2, 0.25) is 0 Å². The quantitative estimate of drug-likeness (QED) is 0.835. The van der Waals surface area contributed by atoms with Crippen molar-refractivity contribution in [3.05, 3.63) is 30.9 Å². The van der Waals surface area contributed by atoms with Crippen LogP contribution >= 0.6 is 0 Å². The Hall–Kier alpha value is -1.78. The maximum absolute atomic E-state index is 13.5. The molecule has 0 bridgehead atoms. The van der Waals surface area contributed by atoms with Crippen molar-refractivity contribution in [1.29, 1.82) is 0 Å². The molecule has 81 valence electrons.